The van der Waals surface area contributed by atoms with Crippen molar-refractivity contribution >= 4 is 29.9 Å². The molecule has 128 valence electrons. The molecule has 0 bridgehead atoms. The third-order valence-electron chi connectivity index (χ3n) is 3.67. The molecule has 0 aromatic heterocycles. The topological polar surface area (TPSA) is 24.8 Å². The zero-order valence-electron chi connectivity index (χ0n) is 14.4. The predicted octanol–water partition coefficient (Wildman–Crippen LogP) is 5.14. The Balaban J connectivity index is 1.97. The van der Waals surface area contributed by atoms with Crippen molar-refractivity contribution in [2.24, 2.45) is 4.99 Å². The Bertz CT molecular complexity index is 604. The van der Waals surface area contributed by atoms with E-state index in [0.29, 0.717) is 13.3 Å². The summed E-state index contributed by atoms with van der Waals surface area (Å²) in [5.41, 5.74) is 3.18. The molecule has 0 unspecified atom stereocenters. The lowest BCUT2D eigenvalue weighted by atomic mass is 10.2. The van der Waals surface area contributed by atoms with Gasteiger partial charge in [0.2, 0.25) is 0 Å². The molecule has 0 radical (unpaired) electrons. The highest BCUT2D eigenvalue weighted by molar-refractivity contribution is 7.99. The fourth-order valence-electron chi connectivity index (χ4n) is 2.47. The maximum absolute atomic E-state index is 5.95. The normalized spacial score (nSPS) is 10.5. The molecule has 3 nitrogen and oxygen atoms in total. The van der Waals surface area contributed by atoms with Crippen LogP contribution in [0.1, 0.15) is 18.9 Å². The first-order chi connectivity index (χ1) is 11.8. The molecule has 0 saturated carbocycles. The van der Waals surface area contributed by atoms with E-state index in [-0.39, 0.29) is 0 Å². The molecule has 2 aromatic carbocycles. The molecule has 0 fully saturated rings. The molecule has 0 N–H and O–H groups in total. The molecular formula is C20H26N2OS. The van der Waals surface area contributed by atoms with Crippen LogP contribution in [0.4, 0.5) is 11.4 Å². The molecule has 0 aliphatic heterocycles. The van der Waals surface area contributed by atoms with Crippen molar-refractivity contribution < 1.29 is 4.74 Å². The van der Waals surface area contributed by atoms with Crippen LogP contribution in [0.5, 0.6) is 0 Å². The fourth-order valence-corrected chi connectivity index (χ4v) is 3.09. The third-order valence-corrected chi connectivity index (χ3v) is 4.66. The van der Waals surface area contributed by atoms with E-state index in [2.05, 4.69) is 41.7 Å². The van der Waals surface area contributed by atoms with Gasteiger partial charge in [-0.2, -0.15) is 11.8 Å². The summed E-state index contributed by atoms with van der Waals surface area (Å²) in [5, 5.41) is 0. The van der Waals surface area contributed by atoms with Gasteiger partial charge in [-0.1, -0.05) is 49.4 Å². The van der Waals surface area contributed by atoms with E-state index in [1.54, 1.807) is 0 Å². The minimum Gasteiger partial charge on any atom is -0.356 e. The maximum Gasteiger partial charge on any atom is 0.119 e. The van der Waals surface area contributed by atoms with E-state index in [1.165, 1.54) is 5.56 Å². The minimum atomic E-state index is 0.554. The highest BCUT2D eigenvalue weighted by Crippen LogP contribution is 2.28. The Labute approximate surface area is 149 Å². The predicted molar refractivity (Wildman–Crippen MR) is 107 cm³/mol. The van der Waals surface area contributed by atoms with Gasteiger partial charge >= 0.3 is 0 Å². The van der Waals surface area contributed by atoms with E-state index in [4.69, 9.17) is 4.74 Å². The van der Waals surface area contributed by atoms with Crippen molar-refractivity contribution in [2.75, 3.05) is 29.7 Å². The number of ether oxygens (including phenoxy) is 1. The minimum absolute atomic E-state index is 0.554. The number of nitrogens with zero attached hydrogens (tertiary/aromatic N) is 2. The van der Waals surface area contributed by atoms with Gasteiger partial charge in [0.25, 0.3) is 0 Å². The summed E-state index contributed by atoms with van der Waals surface area (Å²) in [6.45, 7) is 8.01. The van der Waals surface area contributed by atoms with Crippen LogP contribution in [0.15, 0.2) is 59.6 Å². The highest BCUT2D eigenvalue weighted by atomic mass is 32.2. The van der Waals surface area contributed by atoms with E-state index >= 15 is 0 Å². The average Bonchev–Trinajstić information content (AvgIpc) is 2.64. The van der Waals surface area contributed by atoms with Crippen LogP contribution in [0.2, 0.25) is 0 Å². The molecule has 0 heterocycles. The standard InChI is InChI=1S/C20H26N2OS/c1-3-24-15-9-14-22(20-13-8-7-12-19(20)21-2)17-23-16-18-10-5-4-6-11-18/h4-8,10-13H,2-3,9,14-17H2,1H3. The average molecular weight is 343 g/mol. The number of hydrogen-bond donors (Lipinski definition) is 0. The molecule has 0 saturated heterocycles. The summed E-state index contributed by atoms with van der Waals surface area (Å²) >= 11 is 1.97. The quantitative estimate of drug-likeness (QED) is 0.321. The summed E-state index contributed by atoms with van der Waals surface area (Å²) < 4.78 is 5.95. The van der Waals surface area contributed by atoms with Crippen LogP contribution in [0.25, 0.3) is 0 Å². The van der Waals surface area contributed by atoms with E-state index in [1.807, 2.05) is 48.2 Å². The summed E-state index contributed by atoms with van der Waals surface area (Å²) in [4.78, 5) is 6.40. The van der Waals surface area contributed by atoms with Crippen molar-refractivity contribution in [3.8, 4) is 0 Å². The SMILES string of the molecule is C=Nc1ccccc1N(CCCSCC)COCc1ccccc1. The molecular weight excluding hydrogens is 316 g/mol. The van der Waals surface area contributed by atoms with Crippen molar-refractivity contribution in [3.63, 3.8) is 0 Å². The first-order valence-corrected chi connectivity index (χ1v) is 9.50. The lowest BCUT2D eigenvalue weighted by molar-refractivity contribution is 0.121. The Morgan fingerprint density at radius 3 is 2.58 bits per heavy atom. The van der Waals surface area contributed by atoms with Gasteiger partial charge in [0, 0.05) is 6.54 Å². The van der Waals surface area contributed by atoms with Crippen molar-refractivity contribution in [2.45, 2.75) is 20.0 Å². The second kappa shape index (κ2) is 10.9. The van der Waals surface area contributed by atoms with Gasteiger partial charge in [0.1, 0.15) is 6.73 Å². The summed E-state index contributed by atoms with van der Waals surface area (Å²) in [6, 6.07) is 18.4. The number of benzene rings is 2. The van der Waals surface area contributed by atoms with Gasteiger partial charge in [-0.25, -0.2) is 0 Å². The Morgan fingerprint density at radius 1 is 1.08 bits per heavy atom. The van der Waals surface area contributed by atoms with Crippen LogP contribution in [0, 0.1) is 0 Å². The zero-order valence-corrected chi connectivity index (χ0v) is 15.2. The van der Waals surface area contributed by atoms with Gasteiger partial charge < -0.3 is 9.64 Å². The molecule has 2 rings (SSSR count). The summed E-state index contributed by atoms with van der Waals surface area (Å²) in [7, 11) is 0. The number of rotatable bonds is 11. The van der Waals surface area contributed by atoms with Crippen LogP contribution in [-0.2, 0) is 11.3 Å². The molecule has 0 amide bonds. The van der Waals surface area contributed by atoms with Crippen LogP contribution < -0.4 is 4.90 Å². The molecule has 4 heteroatoms. The number of anilines is 1. The lowest BCUT2D eigenvalue weighted by Crippen LogP contribution is -2.27. The van der Waals surface area contributed by atoms with E-state index < -0.39 is 0 Å². The van der Waals surface area contributed by atoms with E-state index in [9.17, 15) is 0 Å². The van der Waals surface area contributed by atoms with Gasteiger partial charge in [0.05, 0.1) is 18.0 Å². The number of para-hydroxylation sites is 2. The Hall–Kier alpha value is -1.78. The first kappa shape index (κ1) is 18.6. The molecule has 0 aliphatic carbocycles. The number of aliphatic imine (C=N–C) groups is 1. The smallest absolute Gasteiger partial charge is 0.119 e. The Kier molecular flexibility index (Phi) is 8.42. The molecule has 0 spiro atoms. The van der Waals surface area contributed by atoms with E-state index in [0.717, 1.165) is 35.8 Å². The molecule has 0 aliphatic rings. The molecule has 2 aromatic rings. The second-order valence-electron chi connectivity index (χ2n) is 5.42. The lowest BCUT2D eigenvalue weighted by Gasteiger charge is -2.26. The molecule has 24 heavy (non-hydrogen) atoms. The van der Waals surface area contributed by atoms with Gasteiger partial charge in [-0.05, 0) is 42.3 Å². The van der Waals surface area contributed by atoms with Crippen LogP contribution in [0.3, 0.4) is 0 Å². The van der Waals surface area contributed by atoms with Gasteiger partial charge in [-0.15, -0.1) is 0 Å². The van der Waals surface area contributed by atoms with Gasteiger partial charge in [0.15, 0.2) is 0 Å². The number of hydrogen-bond acceptors (Lipinski definition) is 4. The van der Waals surface area contributed by atoms with Gasteiger partial charge in [-0.3, -0.25) is 4.99 Å². The van der Waals surface area contributed by atoms with Crippen molar-refractivity contribution in [1.29, 1.82) is 0 Å². The largest absolute Gasteiger partial charge is 0.356 e. The summed E-state index contributed by atoms with van der Waals surface area (Å²) in [5.74, 6) is 2.32. The maximum atomic E-state index is 5.95. The van der Waals surface area contributed by atoms with Crippen LogP contribution >= 0.6 is 11.8 Å². The second-order valence-corrected chi connectivity index (χ2v) is 6.82. The van der Waals surface area contributed by atoms with Crippen molar-refractivity contribution in [3.05, 3.63) is 60.2 Å². The monoisotopic (exact) mass is 342 g/mol. The fraction of sp³-hybridized carbons (Fsp3) is 0.350. The van der Waals surface area contributed by atoms with Crippen molar-refractivity contribution in [1.82, 2.24) is 0 Å². The number of thioether (sulfide) groups is 1. The first-order valence-electron chi connectivity index (χ1n) is 8.35. The Morgan fingerprint density at radius 2 is 1.83 bits per heavy atom. The molecule has 0 atom stereocenters. The highest BCUT2D eigenvalue weighted by Gasteiger charge is 2.10. The zero-order chi connectivity index (χ0) is 17.0. The van der Waals surface area contributed by atoms with Crippen LogP contribution in [-0.4, -0.2) is 31.5 Å². The third kappa shape index (κ3) is 6.02. The summed E-state index contributed by atoms with van der Waals surface area (Å²) in [6.07, 6.45) is 1.12.